The highest BCUT2D eigenvalue weighted by Crippen LogP contribution is 2.34. The highest BCUT2D eigenvalue weighted by Gasteiger charge is 2.29. The van der Waals surface area contributed by atoms with Crippen molar-refractivity contribution in [3.8, 4) is 0 Å². The van der Waals surface area contributed by atoms with Crippen LogP contribution in [0.15, 0.2) is 48.8 Å². The molecule has 1 saturated heterocycles. The summed E-state index contributed by atoms with van der Waals surface area (Å²) in [5, 5.41) is 18.5. The molecule has 0 spiro atoms. The predicted molar refractivity (Wildman–Crippen MR) is 85.5 cm³/mol. The molecule has 5 nitrogen and oxygen atoms in total. The number of hydrogen-bond donors (Lipinski definition) is 1. The minimum Gasteiger partial charge on any atom is -0.316 e. The molecule has 2 heterocycles. The first-order chi connectivity index (χ1) is 10.9. The average Bonchev–Trinajstić information content (AvgIpc) is 3.11. The summed E-state index contributed by atoms with van der Waals surface area (Å²) in [6.07, 6.45) is 3.90. The van der Waals surface area contributed by atoms with E-state index in [0.29, 0.717) is 5.92 Å². The molecular formula is C17H19N5. The second-order valence-electron chi connectivity index (χ2n) is 5.88. The molecule has 5 heteroatoms. The second kappa shape index (κ2) is 5.85. The van der Waals surface area contributed by atoms with Crippen molar-refractivity contribution in [1.29, 1.82) is 0 Å². The molecule has 1 N–H and O–H groups in total. The number of hydrogen-bond acceptors (Lipinski definition) is 4. The van der Waals surface area contributed by atoms with E-state index in [1.807, 2.05) is 0 Å². The molecule has 0 bridgehead atoms. The van der Waals surface area contributed by atoms with E-state index >= 15 is 0 Å². The Hall–Kier alpha value is -2.27. The quantitative estimate of drug-likeness (QED) is 0.806. The van der Waals surface area contributed by atoms with Gasteiger partial charge in [-0.3, -0.25) is 0 Å². The maximum Gasteiger partial charge on any atom is 0.162 e. The molecule has 4 rings (SSSR count). The van der Waals surface area contributed by atoms with Gasteiger partial charge in [-0.1, -0.05) is 42.5 Å². The van der Waals surface area contributed by atoms with Gasteiger partial charge in [0, 0.05) is 6.54 Å². The van der Waals surface area contributed by atoms with Crippen molar-refractivity contribution in [3.05, 3.63) is 54.4 Å². The first kappa shape index (κ1) is 13.4. The van der Waals surface area contributed by atoms with Crippen LogP contribution < -0.4 is 5.32 Å². The van der Waals surface area contributed by atoms with Crippen LogP contribution in [0, 0.1) is 5.92 Å². The van der Waals surface area contributed by atoms with E-state index in [0.717, 1.165) is 13.1 Å². The van der Waals surface area contributed by atoms with Gasteiger partial charge in [-0.05, 0) is 46.9 Å². The SMILES string of the molecule is c1ccc2c(C([C@@H]3CCCNC3)n3ncnn3)cccc2c1. The molecule has 112 valence electrons. The van der Waals surface area contributed by atoms with Gasteiger partial charge in [0.25, 0.3) is 0 Å². The smallest absolute Gasteiger partial charge is 0.162 e. The number of nitrogens with one attached hydrogen (secondary N) is 1. The summed E-state index contributed by atoms with van der Waals surface area (Å²) in [7, 11) is 0. The van der Waals surface area contributed by atoms with E-state index in [2.05, 4.69) is 63.2 Å². The lowest BCUT2D eigenvalue weighted by atomic mass is 9.85. The van der Waals surface area contributed by atoms with Gasteiger partial charge in [0.1, 0.15) is 6.04 Å². The molecule has 2 aromatic carbocycles. The van der Waals surface area contributed by atoms with Gasteiger partial charge >= 0.3 is 0 Å². The Morgan fingerprint density at radius 3 is 2.86 bits per heavy atom. The van der Waals surface area contributed by atoms with Crippen LogP contribution in [0.5, 0.6) is 0 Å². The van der Waals surface area contributed by atoms with Crippen LogP contribution in [-0.4, -0.2) is 33.3 Å². The standard InChI is InChI=1S/C17H19N5/c1-2-8-15-13(5-1)6-3-9-16(15)17(22-20-12-19-21-22)14-7-4-10-18-11-14/h1-3,5-6,8-9,12,14,17-18H,4,7,10-11H2/t14-,17?/m1/s1. The monoisotopic (exact) mass is 293 g/mol. The predicted octanol–water partition coefficient (Wildman–Crippen LogP) is 2.42. The van der Waals surface area contributed by atoms with E-state index in [4.69, 9.17) is 0 Å². The second-order valence-corrected chi connectivity index (χ2v) is 5.88. The number of nitrogens with zero attached hydrogens (tertiary/aromatic N) is 4. The van der Waals surface area contributed by atoms with Gasteiger partial charge in [0.2, 0.25) is 0 Å². The van der Waals surface area contributed by atoms with E-state index in [-0.39, 0.29) is 6.04 Å². The fourth-order valence-corrected chi connectivity index (χ4v) is 3.53. The number of fused-ring (bicyclic) bond motifs is 1. The van der Waals surface area contributed by atoms with E-state index in [1.165, 1.54) is 35.5 Å². The third-order valence-electron chi connectivity index (χ3n) is 4.54. The molecule has 1 fully saturated rings. The summed E-state index contributed by atoms with van der Waals surface area (Å²) in [4.78, 5) is 1.78. The summed E-state index contributed by atoms with van der Waals surface area (Å²) >= 11 is 0. The van der Waals surface area contributed by atoms with Crippen LogP contribution in [-0.2, 0) is 0 Å². The average molecular weight is 293 g/mol. The molecule has 3 aromatic rings. The van der Waals surface area contributed by atoms with Gasteiger partial charge in [-0.2, -0.15) is 4.80 Å². The molecular weight excluding hydrogens is 274 g/mol. The Morgan fingerprint density at radius 1 is 1.14 bits per heavy atom. The minimum atomic E-state index is 0.126. The number of piperidine rings is 1. The molecule has 0 radical (unpaired) electrons. The number of tetrazole rings is 1. The van der Waals surface area contributed by atoms with E-state index < -0.39 is 0 Å². The normalized spacial score (nSPS) is 20.1. The van der Waals surface area contributed by atoms with Crippen LogP contribution in [0.2, 0.25) is 0 Å². The van der Waals surface area contributed by atoms with Crippen molar-refractivity contribution >= 4 is 10.8 Å². The maximum atomic E-state index is 4.34. The Bertz CT molecular complexity index is 741. The highest BCUT2D eigenvalue weighted by molar-refractivity contribution is 5.86. The van der Waals surface area contributed by atoms with Crippen molar-refractivity contribution in [3.63, 3.8) is 0 Å². The molecule has 1 aliphatic rings. The van der Waals surface area contributed by atoms with Crippen LogP contribution in [0.3, 0.4) is 0 Å². The molecule has 1 unspecified atom stereocenters. The fourth-order valence-electron chi connectivity index (χ4n) is 3.53. The van der Waals surface area contributed by atoms with Gasteiger partial charge in [-0.15, -0.1) is 10.2 Å². The summed E-state index contributed by atoms with van der Waals surface area (Å²) in [5.74, 6) is 0.480. The topological polar surface area (TPSA) is 55.6 Å². The fraction of sp³-hybridized carbons (Fsp3) is 0.353. The minimum absolute atomic E-state index is 0.126. The van der Waals surface area contributed by atoms with Gasteiger partial charge in [-0.25, -0.2) is 0 Å². The van der Waals surface area contributed by atoms with Crippen molar-refractivity contribution in [1.82, 2.24) is 25.5 Å². The van der Waals surface area contributed by atoms with Crippen LogP contribution in [0.4, 0.5) is 0 Å². The number of aromatic nitrogens is 4. The van der Waals surface area contributed by atoms with Gasteiger partial charge in [0.05, 0.1) is 0 Å². The highest BCUT2D eigenvalue weighted by atomic mass is 15.6. The Balaban J connectivity index is 1.85. The molecule has 1 aromatic heterocycles. The van der Waals surface area contributed by atoms with Crippen molar-refractivity contribution in [2.45, 2.75) is 18.9 Å². The lowest BCUT2D eigenvalue weighted by Gasteiger charge is -2.30. The van der Waals surface area contributed by atoms with E-state index in [9.17, 15) is 0 Å². The molecule has 1 aliphatic heterocycles. The van der Waals surface area contributed by atoms with Crippen molar-refractivity contribution < 1.29 is 0 Å². The molecule has 0 amide bonds. The Morgan fingerprint density at radius 2 is 2.05 bits per heavy atom. The maximum absolute atomic E-state index is 4.34. The molecule has 2 atom stereocenters. The molecule has 22 heavy (non-hydrogen) atoms. The van der Waals surface area contributed by atoms with Crippen LogP contribution >= 0.6 is 0 Å². The zero-order valence-electron chi connectivity index (χ0n) is 12.4. The summed E-state index contributed by atoms with van der Waals surface area (Å²) in [6.45, 7) is 2.10. The lowest BCUT2D eigenvalue weighted by molar-refractivity contribution is 0.262. The van der Waals surface area contributed by atoms with Crippen LogP contribution in [0.1, 0.15) is 24.4 Å². The van der Waals surface area contributed by atoms with Crippen molar-refractivity contribution in [2.75, 3.05) is 13.1 Å². The number of benzene rings is 2. The summed E-state index contributed by atoms with van der Waals surface area (Å²) < 4.78 is 0. The lowest BCUT2D eigenvalue weighted by Crippen LogP contribution is -2.36. The number of rotatable bonds is 3. The third kappa shape index (κ3) is 2.37. The van der Waals surface area contributed by atoms with Crippen molar-refractivity contribution in [2.24, 2.45) is 5.92 Å². The van der Waals surface area contributed by atoms with Gasteiger partial charge < -0.3 is 5.32 Å². The molecule has 0 saturated carbocycles. The Labute approximate surface area is 129 Å². The van der Waals surface area contributed by atoms with Gasteiger partial charge in [0.15, 0.2) is 6.33 Å². The first-order valence-electron chi connectivity index (χ1n) is 7.84. The largest absolute Gasteiger partial charge is 0.316 e. The van der Waals surface area contributed by atoms with Crippen LogP contribution in [0.25, 0.3) is 10.8 Å². The summed E-state index contributed by atoms with van der Waals surface area (Å²) in [5.41, 5.74) is 1.28. The zero-order chi connectivity index (χ0) is 14.8. The first-order valence-corrected chi connectivity index (χ1v) is 7.84. The molecule has 0 aliphatic carbocycles. The van der Waals surface area contributed by atoms with E-state index in [1.54, 1.807) is 4.80 Å². The third-order valence-corrected chi connectivity index (χ3v) is 4.54. The summed E-state index contributed by atoms with van der Waals surface area (Å²) in [6, 6.07) is 15.1. The zero-order valence-corrected chi connectivity index (χ0v) is 12.4. The Kier molecular flexibility index (Phi) is 3.56.